The Morgan fingerprint density at radius 2 is 1.16 bits per heavy atom. The maximum Gasteiger partial charge on any atom is 0.433 e. The van der Waals surface area contributed by atoms with Gasteiger partial charge >= 0.3 is 24.7 Å². The number of methoxy groups -OCH3 is 1. The van der Waals surface area contributed by atoms with Gasteiger partial charge in [0.15, 0.2) is 0 Å². The van der Waals surface area contributed by atoms with Crippen LogP contribution in [0.25, 0.3) is 0 Å². The fraction of sp³-hybridized carbons (Fsp3) is 0.381. The van der Waals surface area contributed by atoms with Gasteiger partial charge in [-0.3, -0.25) is 0 Å². The van der Waals surface area contributed by atoms with Crippen molar-refractivity contribution >= 4 is 0 Å². The lowest BCUT2D eigenvalue weighted by atomic mass is 9.85. The molecule has 0 radical (unpaired) electrons. The van der Waals surface area contributed by atoms with Gasteiger partial charge in [0.1, 0.15) is 29.5 Å². The highest BCUT2D eigenvalue weighted by molar-refractivity contribution is 5.50. The SMILES string of the molecule is COC(c1cc(C(F)(F)F)nc(C(F)(F)F)c1)C(C#N)[C@H](O)c1cc(C(F)(F)F)c(C#N)c(C(F)(F)F)c1. The predicted octanol–water partition coefficient (Wildman–Crippen LogP) is 6.59. The Kier molecular flexibility index (Phi) is 8.31. The Hall–Kier alpha value is -3.57. The largest absolute Gasteiger partial charge is 0.433 e. The molecule has 0 saturated carbocycles. The first-order valence-electron chi connectivity index (χ1n) is 9.66. The fourth-order valence-corrected chi connectivity index (χ4v) is 3.41. The first kappa shape index (κ1) is 30.7. The lowest BCUT2D eigenvalue weighted by Crippen LogP contribution is -2.24. The second kappa shape index (κ2) is 10.3. The van der Waals surface area contributed by atoms with E-state index in [1.165, 1.54) is 6.07 Å². The number of aromatic nitrogens is 1. The zero-order valence-corrected chi connectivity index (χ0v) is 18.3. The van der Waals surface area contributed by atoms with Gasteiger partial charge < -0.3 is 9.84 Å². The van der Waals surface area contributed by atoms with Gasteiger partial charge in [0.05, 0.1) is 28.9 Å². The van der Waals surface area contributed by atoms with Crippen LogP contribution in [0, 0.1) is 28.6 Å². The Morgan fingerprint density at radius 1 is 0.737 bits per heavy atom. The molecule has 38 heavy (non-hydrogen) atoms. The van der Waals surface area contributed by atoms with Crippen LogP contribution in [0.3, 0.4) is 0 Å². The van der Waals surface area contributed by atoms with Crippen LogP contribution in [0.5, 0.6) is 0 Å². The van der Waals surface area contributed by atoms with Crippen LogP contribution in [0.1, 0.15) is 51.4 Å². The van der Waals surface area contributed by atoms with Gasteiger partial charge in [-0.15, -0.1) is 0 Å². The van der Waals surface area contributed by atoms with Gasteiger partial charge in [-0.25, -0.2) is 4.98 Å². The molecule has 3 atom stereocenters. The Balaban J connectivity index is 2.78. The number of benzene rings is 1. The summed E-state index contributed by atoms with van der Waals surface area (Å²) in [6.07, 6.45) is -27.0. The molecule has 0 saturated heterocycles. The molecule has 1 aromatic heterocycles. The van der Waals surface area contributed by atoms with E-state index in [4.69, 9.17) is 10.00 Å². The standard InChI is InChI=1S/C21H11F12N3O2/c1-38-17(9-4-14(20(28,29)30)36-15(5-9)21(31,32)33)11(7-35)16(37)8-2-12(18(22,23)24)10(6-34)13(3-8)19(25,26)27/h2-5,11,16-17,37H,1H3/t11?,16-,17?/m1/s1. The molecule has 5 nitrogen and oxygen atoms in total. The monoisotopic (exact) mass is 565 g/mol. The van der Waals surface area contributed by atoms with Crippen LogP contribution in [-0.4, -0.2) is 17.2 Å². The minimum Gasteiger partial charge on any atom is -0.387 e. The summed E-state index contributed by atoms with van der Waals surface area (Å²) in [5, 5.41) is 29.0. The van der Waals surface area contributed by atoms with Crippen molar-refractivity contribution in [1.82, 2.24) is 4.98 Å². The third-order valence-electron chi connectivity index (χ3n) is 5.05. The molecular weight excluding hydrogens is 554 g/mol. The molecule has 206 valence electrons. The molecule has 0 aliphatic rings. The van der Waals surface area contributed by atoms with Crippen molar-refractivity contribution in [3.05, 3.63) is 63.5 Å². The first-order valence-corrected chi connectivity index (χ1v) is 9.66. The second-order valence-corrected chi connectivity index (χ2v) is 7.52. The van der Waals surface area contributed by atoms with E-state index in [-0.39, 0.29) is 24.3 Å². The molecule has 0 amide bonds. The minimum absolute atomic E-state index is 0.0154. The molecule has 1 heterocycles. The van der Waals surface area contributed by atoms with Crippen molar-refractivity contribution in [2.24, 2.45) is 5.92 Å². The number of ether oxygens (including phenoxy) is 1. The Labute approximate surface area is 204 Å². The van der Waals surface area contributed by atoms with E-state index in [0.29, 0.717) is 7.11 Å². The molecule has 2 rings (SSSR count). The van der Waals surface area contributed by atoms with Crippen molar-refractivity contribution in [3.63, 3.8) is 0 Å². The summed E-state index contributed by atoms with van der Waals surface area (Å²) in [6, 6.07) is 1.83. The highest BCUT2D eigenvalue weighted by atomic mass is 19.4. The third-order valence-corrected chi connectivity index (χ3v) is 5.05. The Morgan fingerprint density at radius 3 is 1.45 bits per heavy atom. The molecule has 0 fully saturated rings. The quantitative estimate of drug-likeness (QED) is 0.414. The summed E-state index contributed by atoms with van der Waals surface area (Å²) in [4.78, 5) is 2.45. The summed E-state index contributed by atoms with van der Waals surface area (Å²) in [5.74, 6) is -2.35. The molecule has 17 heteroatoms. The number of rotatable bonds is 5. The van der Waals surface area contributed by atoms with Crippen molar-refractivity contribution in [2.75, 3.05) is 7.11 Å². The highest BCUT2D eigenvalue weighted by Crippen LogP contribution is 2.44. The average molecular weight is 565 g/mol. The number of nitriles is 2. The molecular formula is C21H11F12N3O2. The van der Waals surface area contributed by atoms with Crippen molar-refractivity contribution < 1.29 is 62.5 Å². The average Bonchev–Trinajstić information content (AvgIpc) is 2.78. The summed E-state index contributed by atoms with van der Waals surface area (Å²) >= 11 is 0. The number of hydrogen-bond donors (Lipinski definition) is 1. The topological polar surface area (TPSA) is 89.9 Å². The number of pyridine rings is 1. The van der Waals surface area contributed by atoms with Crippen molar-refractivity contribution in [2.45, 2.75) is 36.9 Å². The van der Waals surface area contributed by atoms with E-state index in [0.717, 1.165) is 6.07 Å². The van der Waals surface area contributed by atoms with E-state index in [9.17, 15) is 63.1 Å². The molecule has 1 aromatic carbocycles. The molecule has 1 N–H and O–H groups in total. The van der Waals surface area contributed by atoms with Gasteiger partial charge in [-0.2, -0.15) is 63.2 Å². The fourth-order valence-electron chi connectivity index (χ4n) is 3.41. The van der Waals surface area contributed by atoms with E-state index in [1.54, 1.807) is 0 Å². The van der Waals surface area contributed by atoms with Gasteiger partial charge in [0.2, 0.25) is 0 Å². The summed E-state index contributed by atoms with van der Waals surface area (Å²) < 4.78 is 164. The minimum atomic E-state index is -5.57. The third kappa shape index (κ3) is 6.46. The molecule has 0 bridgehead atoms. The van der Waals surface area contributed by atoms with Crippen LogP contribution in [0.4, 0.5) is 52.7 Å². The zero-order valence-electron chi connectivity index (χ0n) is 18.3. The van der Waals surface area contributed by atoms with Crippen LogP contribution >= 0.6 is 0 Å². The number of aliphatic hydroxyl groups excluding tert-OH is 1. The highest BCUT2D eigenvalue weighted by Gasteiger charge is 2.44. The van der Waals surface area contributed by atoms with Gasteiger partial charge in [-0.1, -0.05) is 0 Å². The van der Waals surface area contributed by atoms with Crippen molar-refractivity contribution in [1.29, 1.82) is 10.5 Å². The van der Waals surface area contributed by atoms with E-state index in [1.807, 2.05) is 0 Å². The van der Waals surface area contributed by atoms with Crippen molar-refractivity contribution in [3.8, 4) is 12.1 Å². The summed E-state index contributed by atoms with van der Waals surface area (Å²) in [5.41, 5.74) is -12.7. The van der Waals surface area contributed by atoms with E-state index < -0.39 is 82.0 Å². The zero-order chi connectivity index (χ0) is 29.4. The molecule has 2 aromatic rings. The number of hydrogen-bond acceptors (Lipinski definition) is 5. The number of alkyl halides is 12. The molecule has 2 unspecified atom stereocenters. The van der Waals surface area contributed by atoms with Crippen LogP contribution < -0.4 is 0 Å². The second-order valence-electron chi connectivity index (χ2n) is 7.52. The lowest BCUT2D eigenvalue weighted by Gasteiger charge is -2.27. The van der Waals surface area contributed by atoms with Crippen LogP contribution in [0.15, 0.2) is 24.3 Å². The van der Waals surface area contributed by atoms with E-state index >= 15 is 0 Å². The number of halogens is 12. The van der Waals surface area contributed by atoms with Gasteiger partial charge in [0, 0.05) is 7.11 Å². The normalized spacial score (nSPS) is 15.4. The predicted molar refractivity (Wildman–Crippen MR) is 99.2 cm³/mol. The van der Waals surface area contributed by atoms with Gasteiger partial charge in [0.25, 0.3) is 0 Å². The number of aliphatic hydroxyl groups is 1. The van der Waals surface area contributed by atoms with Gasteiger partial charge in [-0.05, 0) is 35.4 Å². The lowest BCUT2D eigenvalue weighted by molar-refractivity contribution is -0.150. The summed E-state index contributed by atoms with van der Waals surface area (Å²) in [7, 11) is 0.656. The molecule has 0 spiro atoms. The summed E-state index contributed by atoms with van der Waals surface area (Å²) in [6.45, 7) is 0. The van der Waals surface area contributed by atoms with E-state index in [2.05, 4.69) is 4.98 Å². The molecule has 0 aliphatic heterocycles. The maximum absolute atomic E-state index is 13.4. The first-order chi connectivity index (χ1) is 17.2. The Bertz CT molecular complexity index is 1200. The maximum atomic E-state index is 13.4. The molecule has 0 aliphatic carbocycles. The smallest absolute Gasteiger partial charge is 0.387 e. The number of nitrogens with zero attached hydrogens (tertiary/aromatic N) is 3. The van der Waals surface area contributed by atoms with Crippen LogP contribution in [-0.2, 0) is 29.4 Å². The van der Waals surface area contributed by atoms with Crippen LogP contribution in [0.2, 0.25) is 0 Å².